The highest BCUT2D eigenvalue weighted by Crippen LogP contribution is 2.43. The van der Waals surface area contributed by atoms with Crippen LogP contribution in [0, 0.1) is 11.6 Å². The van der Waals surface area contributed by atoms with Gasteiger partial charge in [0.1, 0.15) is 11.6 Å². The molecule has 2 heteroatoms. The molecule has 0 heterocycles. The SMILES string of the molecule is Fc1ccc(-c2c3ccccc3c(-c3ccc(F)cc3)c3ccccc23)cc1. The lowest BCUT2D eigenvalue weighted by molar-refractivity contribution is 0.627. The number of rotatable bonds is 2. The third-order valence-electron chi connectivity index (χ3n) is 5.20. The van der Waals surface area contributed by atoms with Crippen LogP contribution in [0.15, 0.2) is 97.1 Å². The summed E-state index contributed by atoms with van der Waals surface area (Å²) in [4.78, 5) is 0. The smallest absolute Gasteiger partial charge is 0.123 e. The van der Waals surface area contributed by atoms with Crippen molar-refractivity contribution in [2.24, 2.45) is 0 Å². The highest BCUT2D eigenvalue weighted by Gasteiger charge is 2.16. The molecule has 5 aromatic carbocycles. The second-order valence-electron chi connectivity index (χ2n) is 6.85. The maximum Gasteiger partial charge on any atom is 0.123 e. The second-order valence-corrected chi connectivity index (χ2v) is 6.85. The summed E-state index contributed by atoms with van der Waals surface area (Å²) in [5.74, 6) is -0.499. The lowest BCUT2D eigenvalue weighted by Gasteiger charge is -2.17. The first kappa shape index (κ1) is 16.6. The molecule has 0 saturated heterocycles. The van der Waals surface area contributed by atoms with Gasteiger partial charge in [-0.2, -0.15) is 0 Å². The Hall–Kier alpha value is -3.52. The second kappa shape index (κ2) is 6.58. The molecule has 0 aliphatic rings. The quantitative estimate of drug-likeness (QED) is 0.282. The van der Waals surface area contributed by atoms with Crippen molar-refractivity contribution in [2.45, 2.75) is 0 Å². The summed E-state index contributed by atoms with van der Waals surface area (Å²) in [5, 5.41) is 4.36. The minimum Gasteiger partial charge on any atom is -0.207 e. The molecule has 134 valence electrons. The van der Waals surface area contributed by atoms with E-state index in [0.29, 0.717) is 0 Å². The van der Waals surface area contributed by atoms with Crippen LogP contribution in [-0.4, -0.2) is 0 Å². The van der Waals surface area contributed by atoms with Crippen LogP contribution in [-0.2, 0) is 0 Å². The third-order valence-corrected chi connectivity index (χ3v) is 5.20. The van der Waals surface area contributed by atoms with Gasteiger partial charge in [0.2, 0.25) is 0 Å². The molecule has 28 heavy (non-hydrogen) atoms. The molecule has 0 aliphatic carbocycles. The van der Waals surface area contributed by atoms with Gasteiger partial charge < -0.3 is 0 Å². The molecule has 5 rings (SSSR count). The topological polar surface area (TPSA) is 0 Å². The van der Waals surface area contributed by atoms with E-state index in [-0.39, 0.29) is 11.6 Å². The number of hydrogen-bond acceptors (Lipinski definition) is 0. The molecule has 0 aromatic heterocycles. The summed E-state index contributed by atoms with van der Waals surface area (Å²) in [5.41, 5.74) is 4.10. The summed E-state index contributed by atoms with van der Waals surface area (Å²) in [7, 11) is 0. The molecule has 0 atom stereocenters. The molecular formula is C26H16F2. The lowest BCUT2D eigenvalue weighted by Crippen LogP contribution is -1.91. The molecule has 0 aliphatic heterocycles. The third kappa shape index (κ3) is 2.66. The molecule has 5 aromatic rings. The van der Waals surface area contributed by atoms with Gasteiger partial charge in [0, 0.05) is 0 Å². The van der Waals surface area contributed by atoms with E-state index in [1.807, 2.05) is 48.5 Å². The lowest BCUT2D eigenvalue weighted by atomic mass is 9.86. The normalized spacial score (nSPS) is 11.2. The van der Waals surface area contributed by atoms with Crippen molar-refractivity contribution >= 4 is 21.5 Å². The Morgan fingerprint density at radius 2 is 0.643 bits per heavy atom. The maximum absolute atomic E-state index is 13.5. The van der Waals surface area contributed by atoms with Crippen molar-refractivity contribution in [1.29, 1.82) is 0 Å². The maximum atomic E-state index is 13.5. The zero-order chi connectivity index (χ0) is 19.1. The number of halogens is 2. The largest absolute Gasteiger partial charge is 0.207 e. The van der Waals surface area contributed by atoms with Crippen LogP contribution in [0.2, 0.25) is 0 Å². The Kier molecular flexibility index (Phi) is 3.91. The molecule has 0 nitrogen and oxygen atoms in total. The van der Waals surface area contributed by atoms with Crippen LogP contribution in [0.4, 0.5) is 8.78 Å². The van der Waals surface area contributed by atoms with E-state index in [1.54, 1.807) is 0 Å². The predicted molar refractivity (Wildman–Crippen MR) is 112 cm³/mol. The minimum absolute atomic E-state index is 0.250. The number of hydrogen-bond donors (Lipinski definition) is 0. The van der Waals surface area contributed by atoms with Crippen molar-refractivity contribution in [3.63, 3.8) is 0 Å². The first-order valence-corrected chi connectivity index (χ1v) is 9.18. The Balaban J connectivity index is 1.96. The number of benzene rings is 5. The van der Waals surface area contributed by atoms with Crippen molar-refractivity contribution in [3.05, 3.63) is 109 Å². The van der Waals surface area contributed by atoms with E-state index in [2.05, 4.69) is 24.3 Å². The van der Waals surface area contributed by atoms with Gasteiger partial charge in [0.15, 0.2) is 0 Å². The first-order chi connectivity index (χ1) is 13.7. The number of fused-ring (bicyclic) bond motifs is 2. The average Bonchev–Trinajstić information content (AvgIpc) is 2.74. The zero-order valence-electron chi connectivity index (χ0n) is 15.0. The Morgan fingerprint density at radius 1 is 0.357 bits per heavy atom. The predicted octanol–water partition coefficient (Wildman–Crippen LogP) is 7.61. The summed E-state index contributed by atoms with van der Waals surface area (Å²) < 4.78 is 27.0. The van der Waals surface area contributed by atoms with Crippen LogP contribution in [0.5, 0.6) is 0 Å². The molecule has 0 radical (unpaired) electrons. The Bertz CT molecular complexity index is 1140. The first-order valence-electron chi connectivity index (χ1n) is 9.18. The molecule has 0 fully saturated rings. The molecule has 0 unspecified atom stereocenters. The van der Waals surface area contributed by atoms with Gasteiger partial charge in [-0.05, 0) is 68.1 Å². The minimum atomic E-state index is -0.250. The highest BCUT2D eigenvalue weighted by atomic mass is 19.1. The summed E-state index contributed by atoms with van der Waals surface area (Å²) in [6, 6.07) is 29.7. The van der Waals surface area contributed by atoms with Gasteiger partial charge in [-0.1, -0.05) is 72.8 Å². The molecule has 0 N–H and O–H groups in total. The molecular weight excluding hydrogens is 350 g/mol. The van der Waals surface area contributed by atoms with Crippen LogP contribution < -0.4 is 0 Å². The van der Waals surface area contributed by atoms with Crippen LogP contribution >= 0.6 is 0 Å². The van der Waals surface area contributed by atoms with E-state index in [4.69, 9.17) is 0 Å². The molecule has 0 bridgehead atoms. The van der Waals surface area contributed by atoms with Gasteiger partial charge in [0.05, 0.1) is 0 Å². The fraction of sp³-hybridized carbons (Fsp3) is 0. The fourth-order valence-corrected chi connectivity index (χ4v) is 3.98. The van der Waals surface area contributed by atoms with Crippen molar-refractivity contribution < 1.29 is 8.78 Å². The fourth-order valence-electron chi connectivity index (χ4n) is 3.98. The zero-order valence-corrected chi connectivity index (χ0v) is 15.0. The van der Waals surface area contributed by atoms with E-state index in [1.165, 1.54) is 24.3 Å². The van der Waals surface area contributed by atoms with Gasteiger partial charge in [0.25, 0.3) is 0 Å². The van der Waals surface area contributed by atoms with Crippen molar-refractivity contribution in [3.8, 4) is 22.3 Å². The Morgan fingerprint density at radius 3 is 0.929 bits per heavy atom. The molecule has 0 amide bonds. The van der Waals surface area contributed by atoms with E-state index < -0.39 is 0 Å². The van der Waals surface area contributed by atoms with Gasteiger partial charge in [-0.25, -0.2) is 8.78 Å². The van der Waals surface area contributed by atoms with Gasteiger partial charge >= 0.3 is 0 Å². The molecule has 0 saturated carbocycles. The van der Waals surface area contributed by atoms with Gasteiger partial charge in [-0.15, -0.1) is 0 Å². The summed E-state index contributed by atoms with van der Waals surface area (Å²) >= 11 is 0. The van der Waals surface area contributed by atoms with E-state index in [0.717, 1.165) is 43.8 Å². The average molecular weight is 366 g/mol. The summed E-state index contributed by atoms with van der Waals surface area (Å²) in [6.07, 6.45) is 0. The van der Waals surface area contributed by atoms with Crippen molar-refractivity contribution in [2.75, 3.05) is 0 Å². The standard InChI is InChI=1S/C26H16F2/c27-19-13-9-17(10-14-19)25-21-5-1-2-6-22(21)26(18-11-15-20(28)16-12-18)24-8-4-3-7-23(24)25/h1-16H. The monoisotopic (exact) mass is 366 g/mol. The Labute approximate surface area is 161 Å². The van der Waals surface area contributed by atoms with Crippen LogP contribution in [0.3, 0.4) is 0 Å². The summed E-state index contributed by atoms with van der Waals surface area (Å²) in [6.45, 7) is 0. The van der Waals surface area contributed by atoms with Crippen LogP contribution in [0.1, 0.15) is 0 Å². The molecule has 0 spiro atoms. The van der Waals surface area contributed by atoms with Crippen LogP contribution in [0.25, 0.3) is 43.8 Å². The van der Waals surface area contributed by atoms with E-state index >= 15 is 0 Å². The van der Waals surface area contributed by atoms with Crippen molar-refractivity contribution in [1.82, 2.24) is 0 Å². The van der Waals surface area contributed by atoms with Gasteiger partial charge in [-0.3, -0.25) is 0 Å². The highest BCUT2D eigenvalue weighted by molar-refractivity contribution is 6.21. The van der Waals surface area contributed by atoms with E-state index in [9.17, 15) is 8.78 Å².